The van der Waals surface area contributed by atoms with Crippen LogP contribution >= 0.6 is 0 Å². The van der Waals surface area contributed by atoms with Gasteiger partial charge in [-0.15, -0.1) is 0 Å². The second-order valence-corrected chi connectivity index (χ2v) is 6.70. The highest BCUT2D eigenvalue weighted by Crippen LogP contribution is 2.20. The Hall–Kier alpha value is -3.41. The molecule has 0 aliphatic rings. The maximum Gasteiger partial charge on any atom is 0.266 e. The number of anilines is 1. The largest absolute Gasteiger partial charge is 0.494 e. The summed E-state index contributed by atoms with van der Waals surface area (Å²) in [5.74, 6) is 0.722. The number of aromatic nitrogens is 2. The van der Waals surface area contributed by atoms with Gasteiger partial charge in [0, 0.05) is 30.3 Å². The van der Waals surface area contributed by atoms with E-state index in [4.69, 9.17) is 4.74 Å². The Morgan fingerprint density at radius 2 is 1.83 bits per heavy atom. The van der Waals surface area contributed by atoms with Crippen molar-refractivity contribution in [1.29, 1.82) is 0 Å². The molecular weight excluding hydrogens is 366 g/mol. The van der Waals surface area contributed by atoms with Gasteiger partial charge in [-0.1, -0.05) is 18.2 Å². The van der Waals surface area contributed by atoms with Gasteiger partial charge in [0.2, 0.25) is 5.91 Å². The molecule has 3 aromatic rings. The molecule has 1 amide bonds. The summed E-state index contributed by atoms with van der Waals surface area (Å²) in [4.78, 5) is 24.3. The number of carbonyl (C=O) groups excluding carboxylic acids is 1. The molecule has 0 radical (unpaired) electrons. The minimum atomic E-state index is -0.181. The summed E-state index contributed by atoms with van der Waals surface area (Å²) in [6.07, 6.45) is 0.840. The number of rotatable bonds is 8. The van der Waals surface area contributed by atoms with Gasteiger partial charge in [-0.05, 0) is 62.2 Å². The second-order valence-electron chi connectivity index (χ2n) is 6.70. The fourth-order valence-electron chi connectivity index (χ4n) is 2.97. The molecule has 0 bridgehead atoms. The molecule has 1 aromatic heterocycles. The van der Waals surface area contributed by atoms with Crippen molar-refractivity contribution in [3.8, 4) is 17.0 Å². The van der Waals surface area contributed by atoms with Crippen LogP contribution in [0.15, 0.2) is 65.5 Å². The summed E-state index contributed by atoms with van der Waals surface area (Å²) in [6.45, 7) is 4.88. The van der Waals surface area contributed by atoms with E-state index in [9.17, 15) is 9.59 Å². The Balaban J connectivity index is 1.61. The smallest absolute Gasteiger partial charge is 0.266 e. The minimum absolute atomic E-state index is 0.0741. The Morgan fingerprint density at radius 3 is 2.55 bits per heavy atom. The highest BCUT2D eigenvalue weighted by atomic mass is 16.5. The number of amides is 1. The third-order valence-corrected chi connectivity index (χ3v) is 4.52. The maximum absolute atomic E-state index is 12.2. The van der Waals surface area contributed by atoms with E-state index in [0.717, 1.165) is 22.6 Å². The van der Waals surface area contributed by atoms with Gasteiger partial charge in [-0.2, -0.15) is 5.10 Å². The minimum Gasteiger partial charge on any atom is -0.494 e. The Bertz CT molecular complexity index is 1030. The Labute approximate surface area is 170 Å². The second kappa shape index (κ2) is 9.68. The van der Waals surface area contributed by atoms with E-state index in [1.165, 1.54) is 10.7 Å². The van der Waals surface area contributed by atoms with E-state index in [0.29, 0.717) is 31.7 Å². The molecule has 2 aromatic carbocycles. The number of nitrogens with one attached hydrogen (secondary N) is 1. The quantitative estimate of drug-likeness (QED) is 0.629. The van der Waals surface area contributed by atoms with Gasteiger partial charge in [0.05, 0.1) is 12.3 Å². The third kappa shape index (κ3) is 5.54. The molecule has 3 rings (SSSR count). The predicted molar refractivity (Wildman–Crippen MR) is 114 cm³/mol. The molecule has 0 aliphatic carbocycles. The molecule has 0 spiro atoms. The standard InChI is InChI=1S/C23H25N3O3/c1-3-29-19-12-10-18(11-13-19)21-14-15-23(28)26(25-21)16-6-9-22(27)24-20-8-5-4-7-17(20)2/h4-5,7-8,10-15H,3,6,9,16H2,1-2H3,(H,24,27). The molecule has 1 N–H and O–H groups in total. The van der Waals surface area contributed by atoms with Crippen molar-refractivity contribution in [3.05, 3.63) is 76.6 Å². The molecular formula is C23H25N3O3. The molecule has 0 saturated heterocycles. The number of carbonyl (C=O) groups is 1. The molecule has 0 saturated carbocycles. The first kappa shape index (κ1) is 20.3. The van der Waals surface area contributed by atoms with Gasteiger partial charge in [0.15, 0.2) is 0 Å². The number of benzene rings is 2. The lowest BCUT2D eigenvalue weighted by Crippen LogP contribution is -2.23. The van der Waals surface area contributed by atoms with Crippen molar-refractivity contribution in [1.82, 2.24) is 9.78 Å². The van der Waals surface area contributed by atoms with Crippen LogP contribution in [0.2, 0.25) is 0 Å². The van der Waals surface area contributed by atoms with E-state index >= 15 is 0 Å². The van der Waals surface area contributed by atoms with Crippen molar-refractivity contribution >= 4 is 11.6 Å². The third-order valence-electron chi connectivity index (χ3n) is 4.52. The summed E-state index contributed by atoms with van der Waals surface area (Å²) in [5.41, 5.74) is 3.25. The number of nitrogens with zero attached hydrogens (tertiary/aromatic N) is 2. The number of hydrogen-bond acceptors (Lipinski definition) is 4. The fraction of sp³-hybridized carbons (Fsp3) is 0.261. The number of para-hydroxylation sites is 1. The Morgan fingerprint density at radius 1 is 1.07 bits per heavy atom. The van der Waals surface area contributed by atoms with E-state index in [1.54, 1.807) is 6.07 Å². The van der Waals surface area contributed by atoms with Gasteiger partial charge in [-0.25, -0.2) is 4.68 Å². The SMILES string of the molecule is CCOc1ccc(-c2ccc(=O)n(CCCC(=O)Nc3ccccc3C)n2)cc1. The van der Waals surface area contributed by atoms with Gasteiger partial charge in [-0.3, -0.25) is 9.59 Å². The van der Waals surface area contributed by atoms with Crippen LogP contribution in [0, 0.1) is 6.92 Å². The first-order chi connectivity index (χ1) is 14.1. The van der Waals surface area contributed by atoms with E-state index in [1.807, 2.05) is 62.4 Å². The average Bonchev–Trinajstić information content (AvgIpc) is 2.72. The van der Waals surface area contributed by atoms with Crippen LogP contribution in [0.4, 0.5) is 5.69 Å². The monoisotopic (exact) mass is 391 g/mol. The van der Waals surface area contributed by atoms with Crippen LogP contribution < -0.4 is 15.6 Å². The summed E-state index contributed by atoms with van der Waals surface area (Å²) in [5, 5.41) is 7.35. The first-order valence-corrected chi connectivity index (χ1v) is 9.73. The summed E-state index contributed by atoms with van der Waals surface area (Å²) in [6, 6.07) is 18.4. The number of hydrogen-bond donors (Lipinski definition) is 1. The van der Waals surface area contributed by atoms with Crippen LogP contribution in [0.5, 0.6) is 5.75 Å². The highest BCUT2D eigenvalue weighted by Gasteiger charge is 2.07. The lowest BCUT2D eigenvalue weighted by molar-refractivity contribution is -0.116. The predicted octanol–water partition coefficient (Wildman–Crippen LogP) is 4.04. The highest BCUT2D eigenvalue weighted by molar-refractivity contribution is 5.91. The molecule has 0 atom stereocenters. The first-order valence-electron chi connectivity index (χ1n) is 9.73. The van der Waals surface area contributed by atoms with Gasteiger partial charge in [0.25, 0.3) is 5.56 Å². The molecule has 6 heteroatoms. The molecule has 0 aliphatic heterocycles. The van der Waals surface area contributed by atoms with E-state index < -0.39 is 0 Å². The zero-order valence-corrected chi connectivity index (χ0v) is 16.7. The summed E-state index contributed by atoms with van der Waals surface area (Å²) < 4.78 is 6.86. The summed E-state index contributed by atoms with van der Waals surface area (Å²) in [7, 11) is 0. The van der Waals surface area contributed by atoms with Crippen molar-refractivity contribution in [2.24, 2.45) is 0 Å². The van der Waals surface area contributed by atoms with Crippen LogP contribution in [0.25, 0.3) is 11.3 Å². The van der Waals surface area contributed by atoms with Crippen molar-refractivity contribution in [3.63, 3.8) is 0 Å². The Kier molecular flexibility index (Phi) is 6.79. The van der Waals surface area contributed by atoms with Gasteiger partial charge in [0.1, 0.15) is 5.75 Å². The molecule has 29 heavy (non-hydrogen) atoms. The number of ether oxygens (including phenoxy) is 1. The van der Waals surface area contributed by atoms with E-state index in [-0.39, 0.29) is 11.5 Å². The van der Waals surface area contributed by atoms with Crippen molar-refractivity contribution in [2.45, 2.75) is 33.2 Å². The molecule has 0 fully saturated rings. The van der Waals surface area contributed by atoms with Crippen LogP contribution in [-0.2, 0) is 11.3 Å². The van der Waals surface area contributed by atoms with E-state index in [2.05, 4.69) is 10.4 Å². The zero-order chi connectivity index (χ0) is 20.6. The maximum atomic E-state index is 12.2. The van der Waals surface area contributed by atoms with Crippen LogP contribution in [0.3, 0.4) is 0 Å². The van der Waals surface area contributed by atoms with Gasteiger partial charge >= 0.3 is 0 Å². The lowest BCUT2D eigenvalue weighted by atomic mass is 10.1. The molecule has 0 unspecified atom stereocenters. The summed E-state index contributed by atoms with van der Waals surface area (Å²) >= 11 is 0. The lowest BCUT2D eigenvalue weighted by Gasteiger charge is -2.09. The molecule has 150 valence electrons. The normalized spacial score (nSPS) is 10.6. The van der Waals surface area contributed by atoms with Crippen LogP contribution in [0.1, 0.15) is 25.3 Å². The van der Waals surface area contributed by atoms with Crippen LogP contribution in [-0.4, -0.2) is 22.3 Å². The average molecular weight is 391 g/mol. The zero-order valence-electron chi connectivity index (χ0n) is 16.7. The fourth-order valence-corrected chi connectivity index (χ4v) is 2.97. The molecule has 1 heterocycles. The van der Waals surface area contributed by atoms with Crippen molar-refractivity contribution < 1.29 is 9.53 Å². The van der Waals surface area contributed by atoms with Gasteiger partial charge < -0.3 is 10.1 Å². The van der Waals surface area contributed by atoms with Crippen molar-refractivity contribution in [2.75, 3.05) is 11.9 Å². The number of aryl methyl sites for hydroxylation is 2. The molecule has 6 nitrogen and oxygen atoms in total. The topological polar surface area (TPSA) is 73.2 Å².